The standard InChI is InChI=1S/C13H19NO2/c1-3-10-5-4-6-11(7-10)12(9-14)8-13(15)16-2/h4-7,12H,3,8-9,14H2,1-2H3. The Labute approximate surface area is 96.6 Å². The molecule has 0 amide bonds. The third kappa shape index (κ3) is 3.35. The van der Waals surface area contributed by atoms with E-state index >= 15 is 0 Å². The first kappa shape index (κ1) is 12.7. The fraction of sp³-hybridized carbons (Fsp3) is 0.462. The molecule has 3 heteroatoms. The Morgan fingerprint density at radius 1 is 1.50 bits per heavy atom. The molecule has 1 atom stereocenters. The molecule has 0 aliphatic heterocycles. The molecule has 0 aliphatic carbocycles. The maximum Gasteiger partial charge on any atom is 0.306 e. The second-order valence-electron chi connectivity index (χ2n) is 3.81. The van der Waals surface area contributed by atoms with Crippen LogP contribution in [0.3, 0.4) is 0 Å². The van der Waals surface area contributed by atoms with Crippen molar-refractivity contribution in [2.75, 3.05) is 13.7 Å². The van der Waals surface area contributed by atoms with E-state index in [1.165, 1.54) is 12.7 Å². The van der Waals surface area contributed by atoms with Gasteiger partial charge < -0.3 is 10.5 Å². The van der Waals surface area contributed by atoms with E-state index in [2.05, 4.69) is 23.8 Å². The Morgan fingerprint density at radius 3 is 2.81 bits per heavy atom. The zero-order valence-electron chi connectivity index (χ0n) is 9.90. The van der Waals surface area contributed by atoms with E-state index in [4.69, 9.17) is 5.73 Å². The van der Waals surface area contributed by atoms with Crippen molar-refractivity contribution in [1.29, 1.82) is 0 Å². The zero-order valence-corrected chi connectivity index (χ0v) is 9.90. The number of rotatable bonds is 5. The lowest BCUT2D eigenvalue weighted by atomic mass is 9.94. The topological polar surface area (TPSA) is 52.3 Å². The average Bonchev–Trinajstić information content (AvgIpc) is 2.35. The van der Waals surface area contributed by atoms with Gasteiger partial charge in [-0.25, -0.2) is 0 Å². The van der Waals surface area contributed by atoms with E-state index in [1.807, 2.05) is 12.1 Å². The monoisotopic (exact) mass is 221 g/mol. The molecule has 0 saturated heterocycles. The van der Waals surface area contributed by atoms with Crippen LogP contribution < -0.4 is 5.73 Å². The molecule has 0 aliphatic rings. The summed E-state index contributed by atoms with van der Waals surface area (Å²) in [6.07, 6.45) is 1.34. The summed E-state index contributed by atoms with van der Waals surface area (Å²) in [5.41, 5.74) is 8.07. The molecule has 0 bridgehead atoms. The van der Waals surface area contributed by atoms with Crippen LogP contribution in [-0.2, 0) is 16.0 Å². The summed E-state index contributed by atoms with van der Waals surface area (Å²) in [7, 11) is 1.40. The van der Waals surface area contributed by atoms with Crippen LogP contribution in [-0.4, -0.2) is 19.6 Å². The van der Waals surface area contributed by atoms with E-state index in [0.717, 1.165) is 12.0 Å². The summed E-state index contributed by atoms with van der Waals surface area (Å²) < 4.78 is 4.67. The lowest BCUT2D eigenvalue weighted by molar-refractivity contribution is -0.141. The minimum Gasteiger partial charge on any atom is -0.469 e. The van der Waals surface area contributed by atoms with Crippen molar-refractivity contribution in [2.45, 2.75) is 25.7 Å². The first-order valence-corrected chi connectivity index (χ1v) is 5.57. The third-order valence-corrected chi connectivity index (χ3v) is 2.76. The van der Waals surface area contributed by atoms with Crippen LogP contribution in [0, 0.1) is 0 Å². The number of ether oxygens (including phenoxy) is 1. The van der Waals surface area contributed by atoms with Crippen molar-refractivity contribution in [3.63, 3.8) is 0 Å². The van der Waals surface area contributed by atoms with Gasteiger partial charge in [0.2, 0.25) is 0 Å². The molecule has 0 spiro atoms. The molecule has 1 aromatic rings. The number of carbonyl (C=O) groups is 1. The summed E-state index contributed by atoms with van der Waals surface area (Å²) in [4.78, 5) is 11.2. The molecule has 88 valence electrons. The Bertz CT molecular complexity index is 350. The van der Waals surface area contributed by atoms with Crippen LogP contribution in [0.2, 0.25) is 0 Å². The average molecular weight is 221 g/mol. The molecule has 1 unspecified atom stereocenters. The number of nitrogens with two attached hydrogens (primary N) is 1. The molecule has 1 aromatic carbocycles. The number of hydrogen-bond donors (Lipinski definition) is 1. The van der Waals surface area contributed by atoms with Crippen LogP contribution >= 0.6 is 0 Å². The van der Waals surface area contributed by atoms with Gasteiger partial charge in [0.1, 0.15) is 0 Å². The summed E-state index contributed by atoms with van der Waals surface area (Å²) in [5, 5.41) is 0. The van der Waals surface area contributed by atoms with Crippen LogP contribution in [0.1, 0.15) is 30.4 Å². The molecule has 0 radical (unpaired) electrons. The van der Waals surface area contributed by atoms with Crippen molar-refractivity contribution in [3.8, 4) is 0 Å². The normalized spacial score (nSPS) is 12.2. The van der Waals surface area contributed by atoms with Crippen molar-refractivity contribution >= 4 is 5.97 Å². The van der Waals surface area contributed by atoms with E-state index < -0.39 is 0 Å². The number of esters is 1. The first-order chi connectivity index (χ1) is 7.71. The summed E-state index contributed by atoms with van der Waals surface area (Å²) >= 11 is 0. The maximum absolute atomic E-state index is 11.2. The summed E-state index contributed by atoms with van der Waals surface area (Å²) in [6, 6.07) is 8.21. The number of methoxy groups -OCH3 is 1. The van der Waals surface area contributed by atoms with Gasteiger partial charge in [-0.15, -0.1) is 0 Å². The number of hydrogen-bond acceptors (Lipinski definition) is 3. The summed E-state index contributed by atoms with van der Waals surface area (Å²) in [6.45, 7) is 2.57. The van der Waals surface area contributed by atoms with E-state index in [0.29, 0.717) is 13.0 Å². The van der Waals surface area contributed by atoms with Crippen LogP contribution in [0.15, 0.2) is 24.3 Å². The quantitative estimate of drug-likeness (QED) is 0.772. The van der Waals surface area contributed by atoms with Crippen LogP contribution in [0.4, 0.5) is 0 Å². The second kappa shape index (κ2) is 6.28. The summed E-state index contributed by atoms with van der Waals surface area (Å²) in [5.74, 6) is -0.156. The first-order valence-electron chi connectivity index (χ1n) is 5.57. The van der Waals surface area contributed by atoms with Crippen molar-refractivity contribution in [3.05, 3.63) is 35.4 Å². The third-order valence-electron chi connectivity index (χ3n) is 2.76. The van der Waals surface area contributed by atoms with Crippen LogP contribution in [0.25, 0.3) is 0 Å². The predicted molar refractivity (Wildman–Crippen MR) is 64.2 cm³/mol. The SMILES string of the molecule is CCc1cccc(C(CN)CC(=O)OC)c1. The fourth-order valence-corrected chi connectivity index (χ4v) is 1.69. The van der Waals surface area contributed by atoms with Gasteiger partial charge in [-0.2, -0.15) is 0 Å². The molecule has 0 aromatic heterocycles. The molecule has 0 fully saturated rings. The number of aryl methyl sites for hydroxylation is 1. The second-order valence-corrected chi connectivity index (χ2v) is 3.81. The molecule has 3 nitrogen and oxygen atoms in total. The van der Waals surface area contributed by atoms with Gasteiger partial charge in [-0.05, 0) is 24.1 Å². The van der Waals surface area contributed by atoms with E-state index in [1.54, 1.807) is 0 Å². The van der Waals surface area contributed by atoms with Gasteiger partial charge in [-0.3, -0.25) is 4.79 Å². The van der Waals surface area contributed by atoms with Crippen molar-refractivity contribution in [1.82, 2.24) is 0 Å². The molecule has 16 heavy (non-hydrogen) atoms. The highest BCUT2D eigenvalue weighted by atomic mass is 16.5. The van der Waals surface area contributed by atoms with Gasteiger partial charge in [0.25, 0.3) is 0 Å². The zero-order chi connectivity index (χ0) is 12.0. The Morgan fingerprint density at radius 2 is 2.25 bits per heavy atom. The van der Waals surface area contributed by atoms with Crippen LogP contribution in [0.5, 0.6) is 0 Å². The van der Waals surface area contributed by atoms with Crippen molar-refractivity contribution < 1.29 is 9.53 Å². The van der Waals surface area contributed by atoms with E-state index in [-0.39, 0.29) is 11.9 Å². The highest BCUT2D eigenvalue weighted by Crippen LogP contribution is 2.20. The number of benzene rings is 1. The number of carbonyl (C=O) groups excluding carboxylic acids is 1. The molecule has 2 N–H and O–H groups in total. The highest BCUT2D eigenvalue weighted by Gasteiger charge is 2.14. The molecule has 0 saturated carbocycles. The smallest absolute Gasteiger partial charge is 0.306 e. The maximum atomic E-state index is 11.2. The minimum atomic E-state index is -0.211. The fourth-order valence-electron chi connectivity index (χ4n) is 1.69. The van der Waals surface area contributed by atoms with E-state index in [9.17, 15) is 4.79 Å². The van der Waals surface area contributed by atoms with Gasteiger partial charge in [0.05, 0.1) is 13.5 Å². The highest BCUT2D eigenvalue weighted by molar-refractivity contribution is 5.70. The Kier molecular flexibility index (Phi) is 4.99. The molecule has 0 heterocycles. The van der Waals surface area contributed by atoms with Gasteiger partial charge in [0.15, 0.2) is 0 Å². The lowest BCUT2D eigenvalue weighted by Crippen LogP contribution is -2.17. The predicted octanol–water partition coefficient (Wildman–Crippen LogP) is 1.85. The Balaban J connectivity index is 2.81. The van der Waals surface area contributed by atoms with Gasteiger partial charge in [0, 0.05) is 5.92 Å². The molecular formula is C13H19NO2. The van der Waals surface area contributed by atoms with Crippen molar-refractivity contribution in [2.24, 2.45) is 5.73 Å². The lowest BCUT2D eigenvalue weighted by Gasteiger charge is -2.14. The molecular weight excluding hydrogens is 202 g/mol. The minimum absolute atomic E-state index is 0.0546. The van der Waals surface area contributed by atoms with Gasteiger partial charge in [-0.1, -0.05) is 31.2 Å². The Hall–Kier alpha value is -1.35. The van der Waals surface area contributed by atoms with Gasteiger partial charge >= 0.3 is 5.97 Å². The molecule has 1 rings (SSSR count). The largest absolute Gasteiger partial charge is 0.469 e.